The third-order valence-corrected chi connectivity index (χ3v) is 4.16. The SMILES string of the molecule is Cc1cccc(C2CCCN2COCc2ccccc2)c1. The maximum absolute atomic E-state index is 5.91. The molecule has 1 heterocycles. The zero-order valence-corrected chi connectivity index (χ0v) is 12.7. The Morgan fingerprint density at radius 1 is 1.10 bits per heavy atom. The van der Waals surface area contributed by atoms with Gasteiger partial charge in [-0.1, -0.05) is 60.2 Å². The topological polar surface area (TPSA) is 12.5 Å². The van der Waals surface area contributed by atoms with Crippen molar-refractivity contribution in [2.75, 3.05) is 13.3 Å². The van der Waals surface area contributed by atoms with Gasteiger partial charge in [-0.3, -0.25) is 4.90 Å². The third kappa shape index (κ3) is 3.72. The van der Waals surface area contributed by atoms with Crippen molar-refractivity contribution in [3.05, 3.63) is 71.3 Å². The van der Waals surface area contributed by atoms with Gasteiger partial charge < -0.3 is 4.74 Å². The molecule has 1 aliphatic rings. The van der Waals surface area contributed by atoms with Crippen molar-refractivity contribution in [3.8, 4) is 0 Å². The number of ether oxygens (including phenoxy) is 1. The Kier molecular flexibility index (Phi) is 4.69. The lowest BCUT2D eigenvalue weighted by Gasteiger charge is -2.24. The van der Waals surface area contributed by atoms with Crippen LogP contribution in [0, 0.1) is 6.92 Å². The summed E-state index contributed by atoms with van der Waals surface area (Å²) in [6, 6.07) is 19.8. The number of benzene rings is 2. The van der Waals surface area contributed by atoms with Crippen LogP contribution in [0.4, 0.5) is 0 Å². The van der Waals surface area contributed by atoms with Crippen LogP contribution in [0.15, 0.2) is 54.6 Å². The summed E-state index contributed by atoms with van der Waals surface area (Å²) in [5.41, 5.74) is 4.00. The van der Waals surface area contributed by atoms with E-state index in [1.807, 2.05) is 6.07 Å². The second-order valence-electron chi connectivity index (χ2n) is 5.85. The molecule has 2 aromatic rings. The van der Waals surface area contributed by atoms with Gasteiger partial charge in [0.2, 0.25) is 0 Å². The van der Waals surface area contributed by atoms with Gasteiger partial charge in [-0.2, -0.15) is 0 Å². The molecule has 3 rings (SSSR count). The molecule has 1 saturated heterocycles. The number of hydrogen-bond acceptors (Lipinski definition) is 2. The molecule has 0 bridgehead atoms. The summed E-state index contributed by atoms with van der Waals surface area (Å²) in [6.07, 6.45) is 2.49. The Labute approximate surface area is 127 Å². The van der Waals surface area contributed by atoms with E-state index in [0.29, 0.717) is 19.4 Å². The van der Waals surface area contributed by atoms with Crippen LogP contribution in [0.5, 0.6) is 0 Å². The Balaban J connectivity index is 1.57. The molecule has 1 atom stereocenters. The lowest BCUT2D eigenvalue weighted by Crippen LogP contribution is -2.26. The summed E-state index contributed by atoms with van der Waals surface area (Å²) in [6.45, 7) is 4.70. The molecule has 0 saturated carbocycles. The first-order valence-corrected chi connectivity index (χ1v) is 7.75. The van der Waals surface area contributed by atoms with E-state index in [2.05, 4.69) is 60.4 Å². The molecule has 1 aliphatic heterocycles. The van der Waals surface area contributed by atoms with Crippen molar-refractivity contribution in [1.29, 1.82) is 0 Å². The fourth-order valence-corrected chi connectivity index (χ4v) is 3.09. The van der Waals surface area contributed by atoms with Crippen molar-refractivity contribution in [3.63, 3.8) is 0 Å². The van der Waals surface area contributed by atoms with E-state index in [-0.39, 0.29) is 0 Å². The van der Waals surface area contributed by atoms with Crippen LogP contribution in [-0.4, -0.2) is 18.2 Å². The van der Waals surface area contributed by atoms with Gasteiger partial charge >= 0.3 is 0 Å². The first-order valence-electron chi connectivity index (χ1n) is 7.75. The van der Waals surface area contributed by atoms with Crippen molar-refractivity contribution in [2.24, 2.45) is 0 Å². The van der Waals surface area contributed by atoms with E-state index in [1.54, 1.807) is 0 Å². The molecular weight excluding hydrogens is 258 g/mol. The summed E-state index contributed by atoms with van der Waals surface area (Å²) in [5, 5.41) is 0. The van der Waals surface area contributed by atoms with E-state index in [1.165, 1.54) is 29.5 Å². The zero-order chi connectivity index (χ0) is 14.5. The number of likely N-dealkylation sites (tertiary alicyclic amines) is 1. The number of aryl methyl sites for hydroxylation is 1. The van der Waals surface area contributed by atoms with E-state index < -0.39 is 0 Å². The second-order valence-corrected chi connectivity index (χ2v) is 5.85. The monoisotopic (exact) mass is 281 g/mol. The average Bonchev–Trinajstić information content (AvgIpc) is 2.97. The van der Waals surface area contributed by atoms with Gasteiger partial charge in [0.15, 0.2) is 0 Å². The molecule has 0 aliphatic carbocycles. The van der Waals surface area contributed by atoms with Crippen LogP contribution < -0.4 is 0 Å². The Hall–Kier alpha value is -1.64. The zero-order valence-electron chi connectivity index (χ0n) is 12.7. The van der Waals surface area contributed by atoms with Crippen molar-refractivity contribution in [1.82, 2.24) is 4.90 Å². The number of hydrogen-bond donors (Lipinski definition) is 0. The molecule has 0 amide bonds. The molecule has 2 heteroatoms. The lowest BCUT2D eigenvalue weighted by molar-refractivity contribution is 0.0117. The van der Waals surface area contributed by atoms with E-state index >= 15 is 0 Å². The quantitative estimate of drug-likeness (QED) is 0.810. The highest BCUT2D eigenvalue weighted by atomic mass is 16.5. The Bertz CT molecular complexity index is 567. The predicted octanol–water partition coefficient (Wildman–Crippen LogP) is 4.31. The maximum atomic E-state index is 5.91. The molecule has 2 aromatic carbocycles. The highest BCUT2D eigenvalue weighted by Crippen LogP contribution is 2.31. The molecule has 0 aromatic heterocycles. The fourth-order valence-electron chi connectivity index (χ4n) is 3.09. The summed E-state index contributed by atoms with van der Waals surface area (Å²) in [4.78, 5) is 2.46. The third-order valence-electron chi connectivity index (χ3n) is 4.16. The molecular formula is C19H23NO. The van der Waals surface area contributed by atoms with Crippen LogP contribution in [0.25, 0.3) is 0 Å². The highest BCUT2D eigenvalue weighted by molar-refractivity contribution is 5.25. The van der Waals surface area contributed by atoms with Crippen molar-refractivity contribution >= 4 is 0 Å². The molecule has 0 radical (unpaired) electrons. The smallest absolute Gasteiger partial charge is 0.0999 e. The highest BCUT2D eigenvalue weighted by Gasteiger charge is 2.25. The van der Waals surface area contributed by atoms with Crippen LogP contribution >= 0.6 is 0 Å². The number of rotatable bonds is 5. The first kappa shape index (κ1) is 14.3. The van der Waals surface area contributed by atoms with Crippen LogP contribution in [0.1, 0.15) is 35.6 Å². The fraction of sp³-hybridized carbons (Fsp3) is 0.368. The van der Waals surface area contributed by atoms with Crippen LogP contribution in [-0.2, 0) is 11.3 Å². The summed E-state index contributed by atoms with van der Waals surface area (Å²) < 4.78 is 5.91. The lowest BCUT2D eigenvalue weighted by atomic mass is 10.0. The molecule has 1 unspecified atom stereocenters. The standard InChI is InChI=1S/C19H23NO/c1-16-7-5-10-18(13-16)19-11-6-12-20(19)15-21-14-17-8-3-2-4-9-17/h2-5,7-10,13,19H,6,11-12,14-15H2,1H3. The summed E-state index contributed by atoms with van der Waals surface area (Å²) in [7, 11) is 0. The van der Waals surface area contributed by atoms with Gasteiger partial charge in [-0.05, 0) is 30.9 Å². The summed E-state index contributed by atoms with van der Waals surface area (Å²) in [5.74, 6) is 0. The summed E-state index contributed by atoms with van der Waals surface area (Å²) >= 11 is 0. The molecule has 2 nitrogen and oxygen atoms in total. The van der Waals surface area contributed by atoms with Crippen LogP contribution in [0.3, 0.4) is 0 Å². The van der Waals surface area contributed by atoms with Gasteiger partial charge in [-0.15, -0.1) is 0 Å². The normalized spacial score (nSPS) is 19.0. The van der Waals surface area contributed by atoms with E-state index in [0.717, 1.165) is 6.54 Å². The van der Waals surface area contributed by atoms with Gasteiger partial charge in [-0.25, -0.2) is 0 Å². The Morgan fingerprint density at radius 3 is 2.76 bits per heavy atom. The minimum atomic E-state index is 0.515. The van der Waals surface area contributed by atoms with Gasteiger partial charge in [0.25, 0.3) is 0 Å². The van der Waals surface area contributed by atoms with Gasteiger partial charge in [0.05, 0.1) is 13.3 Å². The van der Waals surface area contributed by atoms with E-state index in [9.17, 15) is 0 Å². The molecule has 0 N–H and O–H groups in total. The minimum Gasteiger partial charge on any atom is -0.361 e. The molecule has 0 spiro atoms. The van der Waals surface area contributed by atoms with Gasteiger partial charge in [0.1, 0.15) is 0 Å². The van der Waals surface area contributed by atoms with E-state index in [4.69, 9.17) is 4.74 Å². The Morgan fingerprint density at radius 2 is 1.95 bits per heavy atom. The van der Waals surface area contributed by atoms with Crippen molar-refractivity contribution in [2.45, 2.75) is 32.4 Å². The molecule has 21 heavy (non-hydrogen) atoms. The number of nitrogens with zero attached hydrogens (tertiary/aromatic N) is 1. The van der Waals surface area contributed by atoms with Crippen LogP contribution in [0.2, 0.25) is 0 Å². The van der Waals surface area contributed by atoms with Crippen molar-refractivity contribution < 1.29 is 4.74 Å². The minimum absolute atomic E-state index is 0.515. The predicted molar refractivity (Wildman–Crippen MR) is 86.0 cm³/mol. The largest absolute Gasteiger partial charge is 0.361 e. The average molecular weight is 281 g/mol. The molecule has 1 fully saturated rings. The second kappa shape index (κ2) is 6.88. The first-order chi connectivity index (χ1) is 10.3. The van der Waals surface area contributed by atoms with Gasteiger partial charge in [0, 0.05) is 12.6 Å². The maximum Gasteiger partial charge on any atom is 0.0999 e. The molecule has 110 valence electrons.